The molecule has 2 aromatic rings. The fraction of sp³-hybridized carbons (Fsp3) is 0.182. The van der Waals surface area contributed by atoms with Gasteiger partial charge in [-0.25, -0.2) is 4.79 Å². The van der Waals surface area contributed by atoms with Gasteiger partial charge in [0.1, 0.15) is 6.54 Å². The van der Waals surface area contributed by atoms with Crippen molar-refractivity contribution >= 4 is 58.1 Å². The number of benzene rings is 2. The summed E-state index contributed by atoms with van der Waals surface area (Å²) in [6, 6.07) is 9.31. The molecular weight excluding hydrogens is 472 g/mol. The van der Waals surface area contributed by atoms with Crippen LogP contribution in [-0.4, -0.2) is 55.8 Å². The summed E-state index contributed by atoms with van der Waals surface area (Å²) in [6.45, 7) is -0.496. The van der Waals surface area contributed by atoms with E-state index in [0.717, 1.165) is 16.7 Å². The van der Waals surface area contributed by atoms with E-state index in [2.05, 4.69) is 10.1 Å². The van der Waals surface area contributed by atoms with Gasteiger partial charge in [-0.3, -0.25) is 19.3 Å². The topological polar surface area (TPSA) is 111 Å². The Morgan fingerprint density at radius 2 is 1.79 bits per heavy atom. The molecule has 33 heavy (non-hydrogen) atoms. The van der Waals surface area contributed by atoms with Crippen molar-refractivity contribution in [2.75, 3.05) is 33.2 Å². The first-order chi connectivity index (χ1) is 15.8. The molecule has 0 aliphatic carbocycles. The van der Waals surface area contributed by atoms with Crippen molar-refractivity contribution in [3.63, 3.8) is 0 Å². The maximum absolute atomic E-state index is 12.7. The fourth-order valence-electron chi connectivity index (χ4n) is 2.94. The van der Waals surface area contributed by atoms with Crippen LogP contribution in [0.25, 0.3) is 6.08 Å². The molecule has 0 bridgehead atoms. The molecule has 0 radical (unpaired) electrons. The van der Waals surface area contributed by atoms with E-state index in [0.29, 0.717) is 17.1 Å². The minimum absolute atomic E-state index is 0.0704. The summed E-state index contributed by atoms with van der Waals surface area (Å²) >= 11 is 6.69. The highest BCUT2D eigenvalue weighted by molar-refractivity contribution is 8.18. The normalized spacial score (nSPS) is 14.4. The van der Waals surface area contributed by atoms with Gasteiger partial charge in [0.05, 0.1) is 36.8 Å². The predicted molar refractivity (Wildman–Crippen MR) is 124 cm³/mol. The van der Waals surface area contributed by atoms with Crippen molar-refractivity contribution in [2.45, 2.75) is 0 Å². The number of anilines is 1. The molecule has 1 aliphatic rings. The van der Waals surface area contributed by atoms with Crippen LogP contribution in [0.3, 0.4) is 0 Å². The van der Waals surface area contributed by atoms with Crippen LogP contribution in [0.2, 0.25) is 5.02 Å². The Labute approximate surface area is 198 Å². The van der Waals surface area contributed by atoms with E-state index in [9.17, 15) is 19.2 Å². The number of rotatable bonds is 7. The van der Waals surface area contributed by atoms with Crippen molar-refractivity contribution < 1.29 is 33.4 Å². The number of amides is 3. The van der Waals surface area contributed by atoms with Crippen molar-refractivity contribution in [1.29, 1.82) is 0 Å². The fourth-order valence-corrected chi connectivity index (χ4v) is 3.98. The van der Waals surface area contributed by atoms with Gasteiger partial charge in [0.2, 0.25) is 5.91 Å². The van der Waals surface area contributed by atoms with Crippen LogP contribution >= 0.6 is 23.4 Å². The molecule has 9 nitrogen and oxygen atoms in total. The number of nitrogens with zero attached hydrogens (tertiary/aromatic N) is 1. The quantitative estimate of drug-likeness (QED) is 0.460. The van der Waals surface area contributed by atoms with Gasteiger partial charge in [0.15, 0.2) is 11.5 Å². The number of ether oxygens (including phenoxy) is 3. The smallest absolute Gasteiger partial charge is 0.339 e. The highest BCUT2D eigenvalue weighted by Gasteiger charge is 2.36. The summed E-state index contributed by atoms with van der Waals surface area (Å²) in [5.74, 6) is -0.887. The van der Waals surface area contributed by atoms with Crippen LogP contribution in [0.15, 0.2) is 41.3 Å². The van der Waals surface area contributed by atoms with Crippen LogP contribution in [0.4, 0.5) is 10.5 Å². The number of esters is 1. The maximum Gasteiger partial charge on any atom is 0.339 e. The highest BCUT2D eigenvalue weighted by Crippen LogP contribution is 2.34. The number of carbonyl (C=O) groups excluding carboxylic acids is 4. The molecule has 3 rings (SSSR count). The average molecular weight is 491 g/mol. The number of carbonyl (C=O) groups is 4. The molecule has 0 spiro atoms. The van der Waals surface area contributed by atoms with Gasteiger partial charge in [-0.15, -0.1) is 0 Å². The summed E-state index contributed by atoms with van der Waals surface area (Å²) in [7, 11) is 4.20. The van der Waals surface area contributed by atoms with Gasteiger partial charge in [-0.2, -0.15) is 0 Å². The Hall–Kier alpha value is -3.50. The number of hydrogen-bond acceptors (Lipinski definition) is 8. The van der Waals surface area contributed by atoms with E-state index in [1.165, 1.54) is 45.6 Å². The lowest BCUT2D eigenvalue weighted by atomic mass is 10.2. The first kappa shape index (κ1) is 24.1. The van der Waals surface area contributed by atoms with Crippen LogP contribution in [0.1, 0.15) is 15.9 Å². The molecule has 3 amide bonds. The Balaban J connectivity index is 1.72. The van der Waals surface area contributed by atoms with E-state index in [4.69, 9.17) is 21.1 Å². The van der Waals surface area contributed by atoms with Gasteiger partial charge in [-0.05, 0) is 53.7 Å². The second-order valence-corrected chi connectivity index (χ2v) is 8.02. The minimum Gasteiger partial charge on any atom is -0.493 e. The summed E-state index contributed by atoms with van der Waals surface area (Å²) in [4.78, 5) is 50.3. The number of thioether (sulfide) groups is 1. The summed E-state index contributed by atoms with van der Waals surface area (Å²) in [5.41, 5.74) is 0.956. The van der Waals surface area contributed by atoms with E-state index in [1.54, 1.807) is 18.2 Å². The molecule has 0 unspecified atom stereocenters. The lowest BCUT2D eigenvalue weighted by Gasteiger charge is -2.13. The Kier molecular flexibility index (Phi) is 7.62. The molecule has 0 aromatic heterocycles. The lowest BCUT2D eigenvalue weighted by Crippen LogP contribution is -2.36. The Morgan fingerprint density at radius 1 is 1.06 bits per heavy atom. The van der Waals surface area contributed by atoms with Crippen LogP contribution in [-0.2, 0) is 14.3 Å². The molecule has 1 aliphatic heterocycles. The Morgan fingerprint density at radius 3 is 2.45 bits per heavy atom. The van der Waals surface area contributed by atoms with Crippen LogP contribution in [0.5, 0.6) is 11.5 Å². The van der Waals surface area contributed by atoms with Crippen molar-refractivity contribution in [2.24, 2.45) is 0 Å². The van der Waals surface area contributed by atoms with E-state index in [1.807, 2.05) is 0 Å². The lowest BCUT2D eigenvalue weighted by molar-refractivity contribution is -0.127. The van der Waals surface area contributed by atoms with E-state index in [-0.39, 0.29) is 21.2 Å². The molecule has 172 valence electrons. The number of hydrogen-bond donors (Lipinski definition) is 1. The third kappa shape index (κ3) is 5.47. The van der Waals surface area contributed by atoms with Crippen molar-refractivity contribution in [3.8, 4) is 11.5 Å². The molecule has 0 saturated carbocycles. The molecule has 1 fully saturated rings. The zero-order chi connectivity index (χ0) is 24.1. The average Bonchev–Trinajstić information content (AvgIpc) is 3.06. The third-order valence-electron chi connectivity index (χ3n) is 4.54. The third-order valence-corrected chi connectivity index (χ3v) is 5.77. The summed E-state index contributed by atoms with van der Waals surface area (Å²) < 4.78 is 15.1. The predicted octanol–water partition coefficient (Wildman–Crippen LogP) is 3.82. The molecule has 1 heterocycles. The minimum atomic E-state index is -0.665. The first-order valence-corrected chi connectivity index (χ1v) is 10.6. The second kappa shape index (κ2) is 10.4. The zero-order valence-electron chi connectivity index (χ0n) is 17.8. The molecule has 11 heteroatoms. The number of halogens is 1. The summed E-state index contributed by atoms with van der Waals surface area (Å²) in [5, 5.41) is 2.12. The van der Waals surface area contributed by atoms with E-state index < -0.39 is 29.6 Å². The molecular formula is C22H19ClN2O7S. The first-order valence-electron chi connectivity index (χ1n) is 9.42. The SMILES string of the molecule is COC(=O)c1cc(NC(=O)CN2C(=O)S/C(=C/c3ccc(OC)c(OC)c3)C2=O)ccc1Cl. The second-order valence-electron chi connectivity index (χ2n) is 6.62. The monoisotopic (exact) mass is 490 g/mol. The largest absolute Gasteiger partial charge is 0.493 e. The Bertz CT molecular complexity index is 1170. The van der Waals surface area contributed by atoms with Gasteiger partial charge in [0, 0.05) is 5.69 Å². The van der Waals surface area contributed by atoms with Crippen molar-refractivity contribution in [1.82, 2.24) is 4.90 Å². The highest BCUT2D eigenvalue weighted by atomic mass is 35.5. The molecule has 0 atom stereocenters. The maximum atomic E-state index is 12.7. The number of nitrogens with one attached hydrogen (secondary N) is 1. The molecule has 1 saturated heterocycles. The van der Waals surface area contributed by atoms with Gasteiger partial charge in [0.25, 0.3) is 11.1 Å². The zero-order valence-corrected chi connectivity index (χ0v) is 19.4. The van der Waals surface area contributed by atoms with E-state index >= 15 is 0 Å². The molecule has 1 N–H and O–H groups in total. The van der Waals surface area contributed by atoms with Crippen LogP contribution < -0.4 is 14.8 Å². The van der Waals surface area contributed by atoms with Gasteiger partial charge < -0.3 is 19.5 Å². The number of imide groups is 1. The van der Waals surface area contributed by atoms with Gasteiger partial charge >= 0.3 is 5.97 Å². The standard InChI is InChI=1S/C22H19ClN2O7S/c1-30-16-7-4-12(8-17(16)31-2)9-18-20(27)25(22(29)33-18)11-19(26)24-13-5-6-15(23)14(10-13)21(28)32-3/h4-10H,11H2,1-3H3,(H,24,26)/b18-9+. The van der Waals surface area contributed by atoms with Crippen LogP contribution in [0, 0.1) is 0 Å². The van der Waals surface area contributed by atoms with Crippen molar-refractivity contribution in [3.05, 3.63) is 57.5 Å². The van der Waals surface area contributed by atoms with Gasteiger partial charge in [-0.1, -0.05) is 17.7 Å². The number of methoxy groups -OCH3 is 3. The molecule has 2 aromatic carbocycles. The summed E-state index contributed by atoms with van der Waals surface area (Å²) in [6.07, 6.45) is 1.53.